The minimum atomic E-state index is -1.19. The van der Waals surface area contributed by atoms with Crippen molar-refractivity contribution < 1.29 is 4.55 Å². The minimum Gasteiger partial charge on any atom is -0.598 e. The van der Waals surface area contributed by atoms with E-state index in [9.17, 15) is 9.81 Å². The Morgan fingerprint density at radius 2 is 2.09 bits per heavy atom. The van der Waals surface area contributed by atoms with Crippen LogP contribution in [-0.4, -0.2) is 47.5 Å². The van der Waals surface area contributed by atoms with Crippen LogP contribution < -0.4 is 9.62 Å². The second kappa shape index (κ2) is 8.20. The van der Waals surface area contributed by atoms with Gasteiger partial charge in [0.1, 0.15) is 15.4 Å². The largest absolute Gasteiger partial charge is 0.598 e. The molecule has 11 heteroatoms. The topological polar surface area (TPSA) is 129 Å². The zero-order valence-corrected chi connectivity index (χ0v) is 21.1. The molecule has 2 atom stereocenters. The van der Waals surface area contributed by atoms with E-state index in [4.69, 9.17) is 0 Å². The maximum atomic E-state index is 13.0. The van der Waals surface area contributed by atoms with Crippen LogP contribution in [-0.2, 0) is 17.8 Å². The third-order valence-electron chi connectivity index (χ3n) is 6.66. The molecule has 1 fully saturated rings. The van der Waals surface area contributed by atoms with Gasteiger partial charge in [0.15, 0.2) is 11.3 Å². The van der Waals surface area contributed by atoms with Crippen LogP contribution in [0, 0.1) is 16.7 Å². The molecule has 9 nitrogen and oxygen atoms in total. The molecule has 1 saturated heterocycles. The molecule has 0 saturated carbocycles. The van der Waals surface area contributed by atoms with Crippen LogP contribution in [0.2, 0.25) is 0 Å². The van der Waals surface area contributed by atoms with E-state index in [1.54, 1.807) is 0 Å². The van der Waals surface area contributed by atoms with Crippen molar-refractivity contribution in [2.45, 2.75) is 50.8 Å². The van der Waals surface area contributed by atoms with Gasteiger partial charge < -0.3 is 9.45 Å². The van der Waals surface area contributed by atoms with Crippen LogP contribution >= 0.6 is 15.9 Å². The van der Waals surface area contributed by atoms with Crippen LogP contribution in [0.25, 0.3) is 11.0 Å². The van der Waals surface area contributed by atoms with E-state index in [1.165, 1.54) is 0 Å². The lowest BCUT2D eigenvalue weighted by atomic mass is 9.73. The molecule has 1 aliphatic heterocycles. The number of halogens is 1. The van der Waals surface area contributed by atoms with E-state index in [0.29, 0.717) is 27.3 Å². The molecule has 1 aliphatic carbocycles. The number of aromatic nitrogens is 5. The SMILES string of the molecule is CC(C)(C)[S@@+]([O-])N[C@@H]1c2cccnc2CC12CCN(c1nc(C#N)c3c(Br)n[nH]c3n1)CC2. The summed E-state index contributed by atoms with van der Waals surface area (Å²) in [5.74, 6) is 0.529. The number of rotatable bonds is 3. The highest BCUT2D eigenvalue weighted by atomic mass is 79.9. The van der Waals surface area contributed by atoms with E-state index in [1.807, 2.05) is 33.0 Å². The number of nitrogens with zero attached hydrogens (tertiary/aromatic N) is 6. The summed E-state index contributed by atoms with van der Waals surface area (Å²) < 4.78 is 16.7. The Kier molecular flexibility index (Phi) is 5.60. The second-order valence-electron chi connectivity index (χ2n) is 9.72. The van der Waals surface area contributed by atoms with E-state index in [-0.39, 0.29) is 16.2 Å². The number of hydrogen-bond acceptors (Lipinski definition) is 8. The fraction of sp³-hybridized carbons (Fsp3) is 0.500. The normalized spacial score (nSPS) is 20.7. The van der Waals surface area contributed by atoms with Crippen LogP contribution in [0.4, 0.5) is 5.95 Å². The Bertz CT molecular complexity index is 1240. The first-order chi connectivity index (χ1) is 15.7. The molecule has 2 aliphatic rings. The summed E-state index contributed by atoms with van der Waals surface area (Å²) in [6.07, 6.45) is 4.43. The number of pyridine rings is 1. The quantitative estimate of drug-likeness (QED) is 0.495. The smallest absolute Gasteiger partial charge is 0.228 e. The van der Waals surface area contributed by atoms with Gasteiger partial charge in [-0.25, -0.2) is 4.98 Å². The molecule has 3 aromatic heterocycles. The first-order valence-corrected chi connectivity index (χ1v) is 12.8. The second-order valence-corrected chi connectivity index (χ2v) is 12.5. The molecule has 0 unspecified atom stereocenters. The Balaban J connectivity index is 1.42. The lowest BCUT2D eigenvalue weighted by Crippen LogP contribution is -2.50. The predicted molar refractivity (Wildman–Crippen MR) is 130 cm³/mol. The molecule has 172 valence electrons. The summed E-state index contributed by atoms with van der Waals surface area (Å²) in [6, 6.07) is 6.20. The van der Waals surface area contributed by atoms with Gasteiger partial charge in [-0.3, -0.25) is 10.1 Å². The number of nitrogens with one attached hydrogen (secondary N) is 2. The standard InChI is InChI=1S/C22H25BrN8OS/c1-21(2,3)33(32)30-17-13-5-4-8-25-14(13)11-22(17)6-9-31(10-7-22)20-26-15(12-24)16-18(23)28-29-19(16)27-20/h4-5,8,17,30H,6-7,9-11H2,1-3H3,(H,26,27,28,29)/t17-,33-/m1/s1. The number of nitriles is 1. The Labute approximate surface area is 203 Å². The maximum Gasteiger partial charge on any atom is 0.228 e. The molecule has 33 heavy (non-hydrogen) atoms. The van der Waals surface area contributed by atoms with Crippen molar-refractivity contribution >= 4 is 44.3 Å². The van der Waals surface area contributed by atoms with E-state index in [2.05, 4.69) is 62.8 Å². The zero-order chi connectivity index (χ0) is 23.4. The summed E-state index contributed by atoms with van der Waals surface area (Å²) in [7, 11) is 0. The third-order valence-corrected chi connectivity index (χ3v) is 8.80. The van der Waals surface area contributed by atoms with Gasteiger partial charge in [-0.1, -0.05) is 6.07 Å². The van der Waals surface area contributed by atoms with Crippen molar-refractivity contribution in [2.24, 2.45) is 5.41 Å². The third kappa shape index (κ3) is 3.89. The molecular weight excluding hydrogens is 504 g/mol. The van der Waals surface area contributed by atoms with Crippen LogP contribution in [0.15, 0.2) is 22.9 Å². The Morgan fingerprint density at radius 1 is 1.33 bits per heavy atom. The highest BCUT2D eigenvalue weighted by molar-refractivity contribution is 9.10. The number of fused-ring (bicyclic) bond motifs is 2. The highest BCUT2D eigenvalue weighted by Gasteiger charge is 2.51. The van der Waals surface area contributed by atoms with Gasteiger partial charge >= 0.3 is 0 Å². The fourth-order valence-electron chi connectivity index (χ4n) is 4.82. The van der Waals surface area contributed by atoms with Gasteiger partial charge in [0.25, 0.3) is 0 Å². The molecule has 2 N–H and O–H groups in total. The number of aromatic amines is 1. The average molecular weight is 529 g/mol. The van der Waals surface area contributed by atoms with Gasteiger partial charge in [-0.05, 0) is 67.6 Å². The van der Waals surface area contributed by atoms with Crippen molar-refractivity contribution in [2.75, 3.05) is 18.0 Å². The van der Waals surface area contributed by atoms with Gasteiger partial charge in [0.2, 0.25) is 5.95 Å². The van der Waals surface area contributed by atoms with Crippen molar-refractivity contribution in [3.05, 3.63) is 39.9 Å². The molecular formula is C22H25BrN8OS. The van der Waals surface area contributed by atoms with E-state index in [0.717, 1.165) is 43.6 Å². The molecule has 0 bridgehead atoms. The van der Waals surface area contributed by atoms with Crippen molar-refractivity contribution in [3.63, 3.8) is 0 Å². The Hall–Kier alpha value is -2.26. The average Bonchev–Trinajstić information content (AvgIpc) is 3.31. The molecule has 0 aromatic carbocycles. The van der Waals surface area contributed by atoms with E-state index < -0.39 is 11.4 Å². The lowest BCUT2D eigenvalue weighted by Gasteiger charge is -2.43. The van der Waals surface area contributed by atoms with Gasteiger partial charge in [0.05, 0.1) is 11.4 Å². The monoisotopic (exact) mass is 528 g/mol. The van der Waals surface area contributed by atoms with Gasteiger partial charge in [-0.15, -0.1) is 4.72 Å². The predicted octanol–water partition coefficient (Wildman–Crippen LogP) is 3.32. The summed E-state index contributed by atoms with van der Waals surface area (Å²) in [6.45, 7) is 7.43. The van der Waals surface area contributed by atoms with Crippen molar-refractivity contribution in [1.29, 1.82) is 5.26 Å². The molecule has 4 heterocycles. The van der Waals surface area contributed by atoms with Gasteiger partial charge in [0, 0.05) is 41.8 Å². The Morgan fingerprint density at radius 3 is 2.79 bits per heavy atom. The van der Waals surface area contributed by atoms with Crippen LogP contribution in [0.3, 0.4) is 0 Å². The first kappa shape index (κ1) is 22.5. The molecule has 0 amide bonds. The summed E-state index contributed by atoms with van der Waals surface area (Å²) in [5.41, 5.74) is 3.00. The lowest BCUT2D eigenvalue weighted by molar-refractivity contribution is 0.175. The number of piperidine rings is 1. The maximum absolute atomic E-state index is 13.0. The van der Waals surface area contributed by atoms with Gasteiger partial charge in [-0.2, -0.15) is 15.3 Å². The van der Waals surface area contributed by atoms with Crippen molar-refractivity contribution in [1.82, 2.24) is 29.9 Å². The highest BCUT2D eigenvalue weighted by Crippen LogP contribution is 2.52. The summed E-state index contributed by atoms with van der Waals surface area (Å²) in [4.78, 5) is 15.9. The van der Waals surface area contributed by atoms with Crippen LogP contribution in [0.1, 0.15) is 56.6 Å². The summed E-state index contributed by atoms with van der Waals surface area (Å²) in [5, 5.41) is 17.2. The molecule has 5 rings (SSSR count). The minimum absolute atomic E-state index is 0.0231. The van der Waals surface area contributed by atoms with Crippen molar-refractivity contribution in [3.8, 4) is 6.07 Å². The first-order valence-electron chi connectivity index (χ1n) is 10.9. The molecule has 0 radical (unpaired) electrons. The number of anilines is 1. The van der Waals surface area contributed by atoms with Crippen LogP contribution in [0.5, 0.6) is 0 Å². The summed E-state index contributed by atoms with van der Waals surface area (Å²) >= 11 is 2.16. The molecule has 3 aromatic rings. The van der Waals surface area contributed by atoms with E-state index >= 15 is 0 Å². The number of hydrogen-bond donors (Lipinski definition) is 2. The zero-order valence-electron chi connectivity index (χ0n) is 18.7. The number of H-pyrrole nitrogens is 1. The fourth-order valence-corrected chi connectivity index (χ4v) is 6.23. The molecule has 1 spiro atoms.